The molecule has 0 aromatic rings. The fourth-order valence-electron chi connectivity index (χ4n) is 1.86. The van der Waals surface area contributed by atoms with Crippen LogP contribution in [-0.2, 0) is 23.8 Å². The summed E-state index contributed by atoms with van der Waals surface area (Å²) in [5.74, 6) is -1.07. The maximum Gasteiger partial charge on any atom is 0.266 e. The van der Waals surface area contributed by atoms with Crippen LogP contribution in [0.15, 0.2) is 35.0 Å². The molecule has 0 saturated heterocycles. The molecular formula is C13H14O5. The minimum Gasteiger partial charge on any atom is -0.489 e. The van der Waals surface area contributed by atoms with Crippen LogP contribution in [0.5, 0.6) is 0 Å². The third-order valence-electron chi connectivity index (χ3n) is 2.74. The topological polar surface area (TPSA) is 61.8 Å². The summed E-state index contributed by atoms with van der Waals surface area (Å²) in [6, 6.07) is 0. The van der Waals surface area contributed by atoms with E-state index in [0.717, 1.165) is 0 Å². The minimum absolute atomic E-state index is 0.0187. The molecule has 0 amide bonds. The van der Waals surface area contributed by atoms with E-state index < -0.39 is 17.2 Å². The van der Waals surface area contributed by atoms with E-state index in [9.17, 15) is 9.59 Å². The number of carbonyl (C=O) groups is 2. The summed E-state index contributed by atoms with van der Waals surface area (Å²) in [6.45, 7) is 3.60. The number of rotatable bonds is 2. The minimum atomic E-state index is -0.627. The van der Waals surface area contributed by atoms with Gasteiger partial charge in [0.15, 0.2) is 5.76 Å². The first kappa shape index (κ1) is 12.4. The molecule has 5 heteroatoms. The predicted molar refractivity (Wildman–Crippen MR) is 62.4 cm³/mol. The molecule has 2 rings (SSSR count). The number of ether oxygens (including phenoxy) is 3. The molecule has 0 aromatic carbocycles. The fraction of sp³-hybridized carbons (Fsp3) is 0.385. The largest absolute Gasteiger partial charge is 0.489 e. The van der Waals surface area contributed by atoms with Gasteiger partial charge in [0.05, 0.1) is 19.8 Å². The Labute approximate surface area is 105 Å². The van der Waals surface area contributed by atoms with Gasteiger partial charge in [-0.25, -0.2) is 0 Å². The second kappa shape index (κ2) is 4.01. The Morgan fingerprint density at radius 3 is 2.17 bits per heavy atom. The second-order valence-electron chi connectivity index (χ2n) is 4.51. The van der Waals surface area contributed by atoms with Crippen LogP contribution in [0.25, 0.3) is 0 Å². The molecule has 0 N–H and O–H groups in total. The van der Waals surface area contributed by atoms with Crippen molar-refractivity contribution in [2.45, 2.75) is 19.4 Å². The van der Waals surface area contributed by atoms with Gasteiger partial charge in [-0.2, -0.15) is 0 Å². The Balaban J connectivity index is 2.53. The molecule has 0 atom stereocenters. The zero-order valence-electron chi connectivity index (χ0n) is 10.7. The normalized spacial score (nSPS) is 21.8. The molecule has 0 bridgehead atoms. The summed E-state index contributed by atoms with van der Waals surface area (Å²) in [6.07, 6.45) is 3.31. The average Bonchev–Trinajstić information content (AvgIpc) is 2.32. The van der Waals surface area contributed by atoms with Gasteiger partial charge in [0.2, 0.25) is 17.3 Å². The Hall–Kier alpha value is -2.04. The maximum atomic E-state index is 12.2. The molecule has 0 aromatic heterocycles. The lowest BCUT2D eigenvalue weighted by molar-refractivity contribution is -0.125. The highest BCUT2D eigenvalue weighted by Gasteiger charge is 2.41. The van der Waals surface area contributed by atoms with Crippen LogP contribution < -0.4 is 0 Å². The van der Waals surface area contributed by atoms with Gasteiger partial charge in [0.25, 0.3) is 5.78 Å². The molecule has 0 saturated carbocycles. The van der Waals surface area contributed by atoms with Crippen molar-refractivity contribution < 1.29 is 23.8 Å². The van der Waals surface area contributed by atoms with E-state index in [2.05, 4.69) is 0 Å². The highest BCUT2D eigenvalue weighted by Crippen LogP contribution is 2.33. The molecule has 0 fully saturated rings. The van der Waals surface area contributed by atoms with E-state index in [-0.39, 0.29) is 22.9 Å². The van der Waals surface area contributed by atoms with Gasteiger partial charge in [0, 0.05) is 0 Å². The second-order valence-corrected chi connectivity index (χ2v) is 4.51. The lowest BCUT2D eigenvalue weighted by Crippen LogP contribution is -2.34. The van der Waals surface area contributed by atoms with E-state index in [4.69, 9.17) is 14.2 Å². The first-order valence-electron chi connectivity index (χ1n) is 5.45. The van der Waals surface area contributed by atoms with Crippen molar-refractivity contribution in [3.05, 3.63) is 35.0 Å². The van der Waals surface area contributed by atoms with E-state index in [1.54, 1.807) is 26.0 Å². The van der Waals surface area contributed by atoms with Gasteiger partial charge < -0.3 is 14.2 Å². The van der Waals surface area contributed by atoms with Crippen molar-refractivity contribution in [3.63, 3.8) is 0 Å². The number of Topliss-reactive ketones (excluding diaryl/α,β-unsaturated/α-hetero) is 2. The molecule has 0 spiro atoms. The van der Waals surface area contributed by atoms with Crippen LogP contribution in [0, 0.1) is 0 Å². The summed E-state index contributed by atoms with van der Waals surface area (Å²) in [5.41, 5.74) is -0.421. The average molecular weight is 250 g/mol. The SMILES string of the molecule is COC1=C(OC)C(=O)C2=C(C=CC(C)(C)O2)C1=O. The van der Waals surface area contributed by atoms with Gasteiger partial charge in [0.1, 0.15) is 5.60 Å². The highest BCUT2D eigenvalue weighted by molar-refractivity contribution is 6.24. The van der Waals surface area contributed by atoms with Gasteiger partial charge >= 0.3 is 0 Å². The van der Waals surface area contributed by atoms with Gasteiger partial charge in [-0.3, -0.25) is 9.59 Å². The summed E-state index contributed by atoms with van der Waals surface area (Å²) in [4.78, 5) is 24.3. The van der Waals surface area contributed by atoms with E-state index in [1.807, 2.05) is 0 Å². The van der Waals surface area contributed by atoms with Crippen LogP contribution in [0.2, 0.25) is 0 Å². The number of hydrogen-bond acceptors (Lipinski definition) is 5. The third kappa shape index (κ3) is 1.72. The molecule has 1 aliphatic carbocycles. The predicted octanol–water partition coefficient (Wildman–Crippen LogP) is 1.26. The Morgan fingerprint density at radius 2 is 1.61 bits per heavy atom. The summed E-state index contributed by atoms with van der Waals surface area (Å²) >= 11 is 0. The Kier molecular flexibility index (Phi) is 2.77. The maximum absolute atomic E-state index is 12.2. The van der Waals surface area contributed by atoms with E-state index in [1.165, 1.54) is 14.2 Å². The number of ketones is 2. The van der Waals surface area contributed by atoms with Gasteiger partial charge in [-0.1, -0.05) is 0 Å². The highest BCUT2D eigenvalue weighted by atomic mass is 16.5. The quantitative estimate of drug-likeness (QED) is 0.690. The summed E-state index contributed by atoms with van der Waals surface area (Å²) < 4.78 is 15.4. The lowest BCUT2D eigenvalue weighted by Gasteiger charge is -2.31. The van der Waals surface area contributed by atoms with Crippen molar-refractivity contribution in [1.82, 2.24) is 0 Å². The third-order valence-corrected chi connectivity index (χ3v) is 2.74. The van der Waals surface area contributed by atoms with Crippen molar-refractivity contribution in [2.75, 3.05) is 14.2 Å². The zero-order chi connectivity index (χ0) is 13.5. The van der Waals surface area contributed by atoms with Gasteiger partial charge in [-0.05, 0) is 26.0 Å². The first-order valence-corrected chi connectivity index (χ1v) is 5.45. The van der Waals surface area contributed by atoms with Gasteiger partial charge in [-0.15, -0.1) is 0 Å². The standard InChI is InChI=1S/C13H14O5/c1-13(2)6-5-7-8(14)11(16-3)12(17-4)9(15)10(7)18-13/h5-6H,1-4H3. The molecule has 2 aliphatic rings. The monoisotopic (exact) mass is 250 g/mol. The summed E-state index contributed by atoms with van der Waals surface area (Å²) in [7, 11) is 2.64. The molecule has 1 heterocycles. The van der Waals surface area contributed by atoms with E-state index >= 15 is 0 Å². The number of methoxy groups -OCH3 is 2. The fourth-order valence-corrected chi connectivity index (χ4v) is 1.86. The van der Waals surface area contributed by atoms with Crippen molar-refractivity contribution in [2.24, 2.45) is 0 Å². The molecule has 0 radical (unpaired) electrons. The van der Waals surface area contributed by atoms with Crippen molar-refractivity contribution in [3.8, 4) is 0 Å². The van der Waals surface area contributed by atoms with Crippen LogP contribution in [0.4, 0.5) is 0 Å². The van der Waals surface area contributed by atoms with Crippen LogP contribution >= 0.6 is 0 Å². The van der Waals surface area contributed by atoms with Crippen molar-refractivity contribution >= 4 is 11.6 Å². The molecule has 18 heavy (non-hydrogen) atoms. The van der Waals surface area contributed by atoms with Crippen LogP contribution in [0.3, 0.4) is 0 Å². The number of carbonyl (C=O) groups excluding carboxylic acids is 2. The summed E-state index contributed by atoms with van der Waals surface area (Å²) in [5, 5.41) is 0. The Bertz CT molecular complexity index is 519. The smallest absolute Gasteiger partial charge is 0.266 e. The number of hydrogen-bond donors (Lipinski definition) is 0. The van der Waals surface area contributed by atoms with E-state index in [0.29, 0.717) is 0 Å². The molecule has 0 unspecified atom stereocenters. The molecule has 5 nitrogen and oxygen atoms in total. The molecule has 96 valence electrons. The zero-order valence-corrected chi connectivity index (χ0v) is 10.7. The van der Waals surface area contributed by atoms with Crippen LogP contribution in [-0.4, -0.2) is 31.4 Å². The molecule has 1 aliphatic heterocycles. The lowest BCUT2D eigenvalue weighted by atomic mass is 9.93. The molecular weight excluding hydrogens is 236 g/mol. The van der Waals surface area contributed by atoms with Crippen molar-refractivity contribution in [1.29, 1.82) is 0 Å². The number of allylic oxidation sites excluding steroid dienone is 2. The Morgan fingerprint density at radius 1 is 1.06 bits per heavy atom. The first-order chi connectivity index (χ1) is 8.41. The van der Waals surface area contributed by atoms with Crippen LogP contribution in [0.1, 0.15) is 13.8 Å².